The molecule has 1 heterocycles. The lowest BCUT2D eigenvalue weighted by atomic mass is 10.0. The van der Waals surface area contributed by atoms with Gasteiger partial charge in [0.15, 0.2) is 5.54 Å². The summed E-state index contributed by atoms with van der Waals surface area (Å²) in [4.78, 5) is 77.2. The number of alkyl halides is 3. The number of hydrogen-bond acceptors (Lipinski definition) is 10. The number of aliphatic hydroxyl groups excluding tert-OH is 1. The summed E-state index contributed by atoms with van der Waals surface area (Å²) in [5.41, 5.74) is -3.79. The van der Waals surface area contributed by atoms with Crippen LogP contribution in [-0.2, 0) is 33.4 Å². The Balaban J connectivity index is 2.12. The molecule has 4 amide bonds. The van der Waals surface area contributed by atoms with E-state index in [1.807, 2.05) is 0 Å². The van der Waals surface area contributed by atoms with E-state index >= 15 is 0 Å². The molecule has 0 spiro atoms. The third-order valence-corrected chi connectivity index (χ3v) is 7.30. The Morgan fingerprint density at radius 3 is 2.10 bits per heavy atom. The van der Waals surface area contributed by atoms with E-state index in [4.69, 9.17) is 14.2 Å². The molecule has 1 saturated carbocycles. The van der Waals surface area contributed by atoms with Gasteiger partial charge in [-0.25, -0.2) is 14.4 Å². The molecule has 2 rings (SSSR count). The Kier molecular flexibility index (Phi) is 13.5. The molecule has 2 fully saturated rings. The summed E-state index contributed by atoms with van der Waals surface area (Å²) in [5, 5.41) is 11.5. The SMILES string of the molecule is CCOC(=O)[C@@]1(N(C(=O)OC(C)(C)C)C(=O)OC(C)(C)C)C[C@H]1C#CCCCCC[C@H](NC(=O)C(F)(F)F)C(=O)N1C[C@H](O)C[C@H]1C=O. The van der Waals surface area contributed by atoms with Crippen LogP contribution in [0.25, 0.3) is 0 Å². The Morgan fingerprint density at radius 1 is 1.02 bits per heavy atom. The first kappa shape index (κ1) is 40.3. The van der Waals surface area contributed by atoms with Crippen molar-refractivity contribution >= 4 is 36.3 Å². The Labute approximate surface area is 278 Å². The van der Waals surface area contributed by atoms with Gasteiger partial charge in [0.25, 0.3) is 0 Å². The van der Waals surface area contributed by atoms with Crippen molar-refractivity contribution in [1.29, 1.82) is 0 Å². The van der Waals surface area contributed by atoms with Gasteiger partial charge < -0.3 is 34.3 Å². The molecule has 2 aliphatic rings. The molecule has 2 N–H and O–H groups in total. The second-order valence-electron chi connectivity index (χ2n) is 13.7. The van der Waals surface area contributed by atoms with Crippen molar-refractivity contribution in [2.75, 3.05) is 13.2 Å². The third kappa shape index (κ3) is 11.1. The average Bonchev–Trinajstić information content (AvgIpc) is 3.51. The van der Waals surface area contributed by atoms with Crippen LogP contribution in [0.3, 0.4) is 0 Å². The Bertz CT molecular complexity index is 1250. The first-order valence-corrected chi connectivity index (χ1v) is 15.8. The van der Waals surface area contributed by atoms with E-state index in [1.54, 1.807) is 53.8 Å². The zero-order chi connectivity index (χ0) is 36.7. The number of β-amino-alcohol motifs (C(OH)–C–C–N with tert-alkyl or cyclic N) is 1. The van der Waals surface area contributed by atoms with Gasteiger partial charge in [0.2, 0.25) is 5.91 Å². The van der Waals surface area contributed by atoms with E-state index in [2.05, 4.69) is 11.8 Å². The van der Waals surface area contributed by atoms with Crippen LogP contribution in [0.4, 0.5) is 22.8 Å². The normalized spacial score (nSPS) is 22.8. The number of unbranched alkanes of at least 4 members (excludes halogenated alkanes) is 3. The topological polar surface area (TPSA) is 169 Å². The lowest BCUT2D eigenvalue weighted by Gasteiger charge is -2.32. The number of hydrogen-bond donors (Lipinski definition) is 2. The molecular formula is C32H46F3N3O10. The molecule has 1 saturated heterocycles. The zero-order valence-electron chi connectivity index (χ0n) is 28.4. The van der Waals surface area contributed by atoms with Crippen LogP contribution in [-0.4, -0.2) is 105 Å². The van der Waals surface area contributed by atoms with Crippen molar-refractivity contribution in [3.05, 3.63) is 0 Å². The van der Waals surface area contributed by atoms with Gasteiger partial charge in [-0.3, -0.25) is 9.59 Å². The van der Waals surface area contributed by atoms with Gasteiger partial charge >= 0.3 is 30.2 Å². The number of amides is 4. The number of imide groups is 1. The average molecular weight is 690 g/mol. The lowest BCUT2D eigenvalue weighted by molar-refractivity contribution is -0.175. The fourth-order valence-corrected chi connectivity index (χ4v) is 5.12. The minimum absolute atomic E-state index is 0.0208. The van der Waals surface area contributed by atoms with Crippen LogP contribution < -0.4 is 5.32 Å². The van der Waals surface area contributed by atoms with E-state index in [0.29, 0.717) is 24.0 Å². The number of nitrogens with one attached hydrogen (secondary N) is 1. The third-order valence-electron chi connectivity index (χ3n) is 7.30. The molecule has 0 aromatic rings. The summed E-state index contributed by atoms with van der Waals surface area (Å²) < 4.78 is 54.9. The molecule has 1 aliphatic heterocycles. The smallest absolute Gasteiger partial charge is 0.464 e. The highest BCUT2D eigenvalue weighted by Gasteiger charge is 2.70. The maximum absolute atomic E-state index is 13.2. The second kappa shape index (κ2) is 16.0. The number of carbonyl (C=O) groups excluding carboxylic acids is 6. The lowest BCUT2D eigenvalue weighted by Crippen LogP contribution is -2.55. The van der Waals surface area contributed by atoms with Crippen LogP contribution in [0.5, 0.6) is 0 Å². The number of esters is 1. The van der Waals surface area contributed by atoms with Crippen LogP contribution in [0.1, 0.15) is 93.4 Å². The molecule has 48 heavy (non-hydrogen) atoms. The number of halogens is 3. The standard InChI is InChI=1S/C32H46F3N3O10/c1-8-46-26(43)31(38(27(44)47-29(2,3)4)28(45)48-30(5,6)7)17-20(31)14-12-10-9-11-13-15-23(36-25(42)32(33,34)35)24(41)37-18-22(40)16-21(37)19-39/h19-23,40H,8-11,13,15-18H2,1-7H3,(H,36,42)/t20-,21+,22-,23+,31-/m1/s1. The second-order valence-corrected chi connectivity index (χ2v) is 13.7. The summed E-state index contributed by atoms with van der Waals surface area (Å²) >= 11 is 0. The van der Waals surface area contributed by atoms with Crippen LogP contribution in [0, 0.1) is 17.8 Å². The molecule has 0 bridgehead atoms. The van der Waals surface area contributed by atoms with Crippen molar-refractivity contribution in [1.82, 2.24) is 15.1 Å². The molecule has 0 aromatic carbocycles. The number of nitrogens with zero attached hydrogens (tertiary/aromatic N) is 2. The zero-order valence-corrected chi connectivity index (χ0v) is 28.4. The molecule has 270 valence electrons. The number of carbonyl (C=O) groups is 6. The fraction of sp³-hybridized carbons (Fsp3) is 0.750. The molecule has 16 heteroatoms. The van der Waals surface area contributed by atoms with Crippen LogP contribution in [0.2, 0.25) is 0 Å². The predicted octanol–water partition coefficient (Wildman–Crippen LogP) is 3.64. The largest absolute Gasteiger partial charge is 0.471 e. The van der Waals surface area contributed by atoms with Gasteiger partial charge in [0, 0.05) is 25.8 Å². The van der Waals surface area contributed by atoms with Gasteiger partial charge in [0.05, 0.1) is 24.7 Å². The van der Waals surface area contributed by atoms with Crippen LogP contribution >= 0.6 is 0 Å². The minimum Gasteiger partial charge on any atom is -0.464 e. The maximum atomic E-state index is 13.2. The monoisotopic (exact) mass is 689 g/mol. The van der Waals surface area contributed by atoms with E-state index in [0.717, 1.165) is 4.90 Å². The van der Waals surface area contributed by atoms with E-state index < -0.39 is 77.0 Å². The molecule has 0 radical (unpaired) electrons. The highest BCUT2D eigenvalue weighted by Crippen LogP contribution is 2.50. The molecule has 1 aliphatic carbocycles. The van der Waals surface area contributed by atoms with Crippen molar-refractivity contribution in [3.63, 3.8) is 0 Å². The summed E-state index contributed by atoms with van der Waals surface area (Å²) in [5.74, 6) is 0.978. The number of aldehydes is 1. The predicted molar refractivity (Wildman–Crippen MR) is 163 cm³/mol. The van der Waals surface area contributed by atoms with Gasteiger partial charge in [-0.05, 0) is 61.3 Å². The van der Waals surface area contributed by atoms with Crippen molar-refractivity contribution in [3.8, 4) is 11.8 Å². The first-order valence-electron chi connectivity index (χ1n) is 15.8. The quantitative estimate of drug-likeness (QED) is 0.107. The highest BCUT2D eigenvalue weighted by atomic mass is 19.4. The van der Waals surface area contributed by atoms with E-state index in [-0.39, 0.29) is 45.3 Å². The summed E-state index contributed by atoms with van der Waals surface area (Å²) in [6.45, 7) is 10.9. The number of likely N-dealkylation sites (tertiary alicyclic amines) is 1. The van der Waals surface area contributed by atoms with Gasteiger partial charge in [-0.1, -0.05) is 18.8 Å². The van der Waals surface area contributed by atoms with Crippen molar-refractivity contribution < 1.29 is 61.3 Å². The summed E-state index contributed by atoms with van der Waals surface area (Å²) in [6, 6.07) is -2.58. The van der Waals surface area contributed by atoms with Crippen molar-refractivity contribution in [2.24, 2.45) is 5.92 Å². The summed E-state index contributed by atoms with van der Waals surface area (Å²) in [7, 11) is 0. The molecular weight excluding hydrogens is 643 g/mol. The van der Waals surface area contributed by atoms with Gasteiger partial charge in [-0.15, -0.1) is 5.92 Å². The van der Waals surface area contributed by atoms with Crippen molar-refractivity contribution in [2.45, 2.75) is 135 Å². The number of ether oxygens (including phenoxy) is 3. The molecule has 0 aromatic heterocycles. The van der Waals surface area contributed by atoms with Gasteiger partial charge in [-0.2, -0.15) is 18.1 Å². The molecule has 5 atom stereocenters. The van der Waals surface area contributed by atoms with Gasteiger partial charge in [0.1, 0.15) is 23.5 Å². The van der Waals surface area contributed by atoms with E-state index in [1.165, 1.54) is 0 Å². The Hall–Kier alpha value is -3.87. The van der Waals surface area contributed by atoms with Crippen LogP contribution in [0.15, 0.2) is 0 Å². The van der Waals surface area contributed by atoms with E-state index in [9.17, 15) is 47.0 Å². The first-order chi connectivity index (χ1) is 22.1. The molecule has 0 unspecified atom stereocenters. The number of rotatable bonds is 11. The minimum atomic E-state index is -5.23. The number of aliphatic hydroxyl groups is 1. The summed E-state index contributed by atoms with van der Waals surface area (Å²) in [6.07, 6.45) is -6.99. The fourth-order valence-electron chi connectivity index (χ4n) is 5.12. The highest BCUT2D eigenvalue weighted by molar-refractivity contribution is 5.99. The maximum Gasteiger partial charge on any atom is 0.471 e. The molecule has 13 nitrogen and oxygen atoms in total. The Morgan fingerprint density at radius 2 is 1.60 bits per heavy atom.